The molecule has 9 heteroatoms. The second-order valence-corrected chi connectivity index (χ2v) is 12.3. The largest absolute Gasteiger partial charge is 0.460 e. The number of nitrogens with zero attached hydrogens (tertiary/aromatic N) is 7. The van der Waals surface area contributed by atoms with Gasteiger partial charge in [0.2, 0.25) is 12.5 Å². The van der Waals surface area contributed by atoms with Gasteiger partial charge in [0.25, 0.3) is 0 Å². The molecular weight excluding hydrogens is 538 g/mol. The first-order valence-electron chi connectivity index (χ1n) is 15.3. The normalized spacial score (nSPS) is 21.7. The molecule has 0 bridgehead atoms. The molecule has 2 fully saturated rings. The Kier molecular flexibility index (Phi) is 8.22. The zero-order valence-electron chi connectivity index (χ0n) is 25.5. The molecule has 2 aromatic carbocycles. The summed E-state index contributed by atoms with van der Waals surface area (Å²) in [5.74, 6) is 1.22. The summed E-state index contributed by atoms with van der Waals surface area (Å²) in [6.45, 7) is 17.8. The van der Waals surface area contributed by atoms with Crippen molar-refractivity contribution < 1.29 is 9.53 Å². The fraction of sp³-hybridized carbons (Fsp3) is 0.471. The minimum Gasteiger partial charge on any atom is -0.460 e. The molecule has 2 aliphatic heterocycles. The average molecular weight is 580 g/mol. The molecular formula is C34H41N7O2. The first kappa shape index (κ1) is 28.9. The summed E-state index contributed by atoms with van der Waals surface area (Å²) in [4.78, 5) is 35.0. The number of amides is 1. The summed E-state index contributed by atoms with van der Waals surface area (Å²) in [6.07, 6.45) is 4.40. The smallest absolute Gasteiger partial charge is 0.318 e. The molecule has 1 aliphatic carbocycles. The second kappa shape index (κ2) is 12.2. The molecule has 1 saturated carbocycles. The van der Waals surface area contributed by atoms with Crippen molar-refractivity contribution in [1.29, 1.82) is 0 Å². The van der Waals surface area contributed by atoms with Crippen LogP contribution < -0.4 is 14.5 Å². The van der Waals surface area contributed by atoms with Crippen LogP contribution in [0, 0.1) is 19.4 Å². The molecule has 1 saturated heterocycles. The Labute approximate surface area is 254 Å². The first-order chi connectivity index (χ1) is 20.9. The van der Waals surface area contributed by atoms with Gasteiger partial charge in [0.05, 0.1) is 12.2 Å². The molecule has 0 N–H and O–H groups in total. The van der Waals surface area contributed by atoms with E-state index in [0.717, 1.165) is 49.4 Å². The predicted molar refractivity (Wildman–Crippen MR) is 171 cm³/mol. The van der Waals surface area contributed by atoms with Crippen molar-refractivity contribution in [2.45, 2.75) is 44.9 Å². The van der Waals surface area contributed by atoms with Crippen LogP contribution in [0.3, 0.4) is 0 Å². The zero-order chi connectivity index (χ0) is 30.1. The minimum atomic E-state index is -0.221. The van der Waals surface area contributed by atoms with E-state index in [1.807, 2.05) is 0 Å². The van der Waals surface area contributed by atoms with E-state index in [2.05, 4.69) is 83.5 Å². The SMILES string of the molecule is [C-]#[N+]C[C@H]1CN(c2nc(O[C@@H]3CC[C@H]3CN(C)C)nc3c2CCN(c2cccc4cccc(C)c24)C3)CCN1C(=O)C=C. The molecule has 3 aromatic rings. The highest BCUT2D eigenvalue weighted by molar-refractivity contribution is 5.97. The van der Waals surface area contributed by atoms with Crippen LogP contribution in [0.4, 0.5) is 11.5 Å². The Morgan fingerprint density at radius 2 is 1.95 bits per heavy atom. The van der Waals surface area contributed by atoms with Crippen molar-refractivity contribution in [1.82, 2.24) is 19.8 Å². The van der Waals surface area contributed by atoms with Gasteiger partial charge in [-0.3, -0.25) is 4.79 Å². The maximum absolute atomic E-state index is 12.6. The standard InChI is InChI=1S/C34H41N7O2/c1-6-31(42)41-18-17-40(21-26(41)19-35-3)33-27-15-16-39(29-12-8-11-24-10-7-9-23(2)32(24)29)22-28(27)36-34(37-33)43-30-14-13-25(30)20-38(4)5/h6-12,25-26,30H,1,13-22H2,2,4-5H3/t25-,26-,30+/m0/s1. The third kappa shape index (κ3) is 5.76. The summed E-state index contributed by atoms with van der Waals surface area (Å²) in [5.41, 5.74) is 4.62. The van der Waals surface area contributed by atoms with Crippen molar-refractivity contribution in [3.63, 3.8) is 0 Å². The number of hydrogen-bond acceptors (Lipinski definition) is 7. The van der Waals surface area contributed by atoms with Crippen LogP contribution in [0.5, 0.6) is 6.01 Å². The van der Waals surface area contributed by atoms with E-state index >= 15 is 0 Å². The lowest BCUT2D eigenvalue weighted by Crippen LogP contribution is -2.56. The highest BCUT2D eigenvalue weighted by Crippen LogP contribution is 2.37. The van der Waals surface area contributed by atoms with E-state index in [9.17, 15) is 4.79 Å². The van der Waals surface area contributed by atoms with Gasteiger partial charge < -0.3 is 29.2 Å². The molecule has 224 valence electrons. The number of aryl methyl sites for hydroxylation is 1. The van der Waals surface area contributed by atoms with Gasteiger partial charge in [0.15, 0.2) is 0 Å². The van der Waals surface area contributed by atoms with Crippen molar-refractivity contribution >= 4 is 28.2 Å². The van der Waals surface area contributed by atoms with Crippen LogP contribution in [0.2, 0.25) is 0 Å². The number of rotatable bonds is 8. The third-order valence-corrected chi connectivity index (χ3v) is 9.20. The van der Waals surface area contributed by atoms with Crippen LogP contribution in [-0.4, -0.2) is 91.2 Å². The molecule has 3 atom stereocenters. The Balaban J connectivity index is 1.35. The molecule has 1 aromatic heterocycles. The van der Waals surface area contributed by atoms with Crippen LogP contribution in [0.1, 0.15) is 29.7 Å². The van der Waals surface area contributed by atoms with Gasteiger partial charge in [-0.2, -0.15) is 9.97 Å². The van der Waals surface area contributed by atoms with E-state index in [1.54, 1.807) is 4.90 Å². The molecule has 9 nitrogen and oxygen atoms in total. The molecule has 0 spiro atoms. The molecule has 0 unspecified atom stereocenters. The summed E-state index contributed by atoms with van der Waals surface area (Å²) in [5, 5.41) is 2.52. The Hall–Kier alpha value is -4.16. The van der Waals surface area contributed by atoms with Gasteiger partial charge in [-0.1, -0.05) is 36.9 Å². The van der Waals surface area contributed by atoms with Crippen LogP contribution >= 0.6 is 0 Å². The molecule has 6 rings (SSSR count). The van der Waals surface area contributed by atoms with Gasteiger partial charge in [-0.15, -0.1) is 0 Å². The maximum atomic E-state index is 12.6. The Morgan fingerprint density at radius 3 is 2.67 bits per heavy atom. The third-order valence-electron chi connectivity index (χ3n) is 9.20. The zero-order valence-corrected chi connectivity index (χ0v) is 25.5. The van der Waals surface area contributed by atoms with Gasteiger partial charge in [-0.05, 0) is 63.4 Å². The van der Waals surface area contributed by atoms with E-state index in [1.165, 1.54) is 28.1 Å². The van der Waals surface area contributed by atoms with Gasteiger partial charge >= 0.3 is 6.01 Å². The maximum Gasteiger partial charge on any atom is 0.318 e. The van der Waals surface area contributed by atoms with Crippen molar-refractivity contribution in [2.24, 2.45) is 5.92 Å². The lowest BCUT2D eigenvalue weighted by atomic mass is 9.81. The number of aromatic nitrogens is 2. The van der Waals surface area contributed by atoms with Crippen molar-refractivity contribution in [3.05, 3.63) is 77.3 Å². The number of piperazine rings is 1. The summed E-state index contributed by atoms with van der Waals surface area (Å²) >= 11 is 0. The average Bonchev–Trinajstić information content (AvgIpc) is 3.01. The molecule has 1 amide bonds. The Bertz CT molecular complexity index is 1560. The summed E-state index contributed by atoms with van der Waals surface area (Å²) in [7, 11) is 4.20. The van der Waals surface area contributed by atoms with Gasteiger partial charge in [0.1, 0.15) is 18.0 Å². The quantitative estimate of drug-likeness (QED) is 0.291. The second-order valence-electron chi connectivity index (χ2n) is 12.3. The topological polar surface area (TPSA) is 69.4 Å². The molecule has 3 heterocycles. The lowest BCUT2D eigenvalue weighted by molar-refractivity contribution is -0.128. The number of hydrogen-bond donors (Lipinski definition) is 0. The minimum absolute atomic E-state index is 0.102. The molecule has 0 radical (unpaired) electrons. The number of carbonyl (C=O) groups is 1. The van der Waals surface area contributed by atoms with Gasteiger partial charge in [-0.25, -0.2) is 6.57 Å². The van der Waals surface area contributed by atoms with Crippen LogP contribution in [-0.2, 0) is 17.8 Å². The molecule has 3 aliphatic rings. The fourth-order valence-corrected chi connectivity index (χ4v) is 6.90. The lowest BCUT2D eigenvalue weighted by Gasteiger charge is -2.41. The highest BCUT2D eigenvalue weighted by Gasteiger charge is 2.37. The summed E-state index contributed by atoms with van der Waals surface area (Å²) < 4.78 is 6.52. The molecule has 43 heavy (non-hydrogen) atoms. The van der Waals surface area contributed by atoms with E-state index in [-0.39, 0.29) is 24.6 Å². The number of benzene rings is 2. The fourth-order valence-electron chi connectivity index (χ4n) is 6.90. The first-order valence-corrected chi connectivity index (χ1v) is 15.3. The predicted octanol–water partition coefficient (Wildman–Crippen LogP) is 4.34. The number of carbonyl (C=O) groups excluding carboxylic acids is 1. The number of fused-ring (bicyclic) bond motifs is 2. The van der Waals surface area contributed by atoms with Crippen molar-refractivity contribution in [2.75, 3.05) is 63.2 Å². The van der Waals surface area contributed by atoms with E-state index in [0.29, 0.717) is 38.1 Å². The van der Waals surface area contributed by atoms with E-state index < -0.39 is 0 Å². The highest BCUT2D eigenvalue weighted by atomic mass is 16.5. The van der Waals surface area contributed by atoms with Gasteiger partial charge in [0, 0.05) is 55.3 Å². The van der Waals surface area contributed by atoms with Crippen LogP contribution in [0.15, 0.2) is 49.1 Å². The number of anilines is 2. The van der Waals surface area contributed by atoms with Crippen molar-refractivity contribution in [3.8, 4) is 6.01 Å². The summed E-state index contributed by atoms with van der Waals surface area (Å²) in [6, 6.07) is 13.2. The van der Waals surface area contributed by atoms with E-state index in [4.69, 9.17) is 21.3 Å². The Morgan fingerprint density at radius 1 is 1.14 bits per heavy atom. The number of ether oxygens (including phenoxy) is 1. The van der Waals surface area contributed by atoms with Crippen LogP contribution in [0.25, 0.3) is 15.6 Å². The monoisotopic (exact) mass is 579 g/mol.